The number of hydrogen-bond donors (Lipinski definition) is 0. The third kappa shape index (κ3) is 5.14. The SMILES string of the molecule is Cc1cn(C(=O)OC(C)(C)C)c2ncc(-c3cnn(CCOC4CCCCO4)c3)cc12. The topological polar surface area (TPSA) is 80.4 Å². The highest BCUT2D eigenvalue weighted by atomic mass is 16.7. The van der Waals surface area contributed by atoms with Gasteiger partial charge < -0.3 is 14.2 Å². The lowest BCUT2D eigenvalue weighted by Gasteiger charge is -2.22. The van der Waals surface area contributed by atoms with E-state index in [0.717, 1.165) is 47.9 Å². The van der Waals surface area contributed by atoms with Crippen LogP contribution in [0.4, 0.5) is 4.79 Å². The van der Waals surface area contributed by atoms with E-state index in [0.29, 0.717) is 18.8 Å². The van der Waals surface area contributed by atoms with Crippen molar-refractivity contribution in [1.29, 1.82) is 0 Å². The lowest BCUT2D eigenvalue weighted by atomic mass is 10.1. The van der Waals surface area contributed by atoms with E-state index < -0.39 is 11.7 Å². The van der Waals surface area contributed by atoms with Gasteiger partial charge in [0.05, 0.1) is 19.3 Å². The molecular weight excluding hydrogens is 396 g/mol. The lowest BCUT2D eigenvalue weighted by Crippen LogP contribution is -2.26. The van der Waals surface area contributed by atoms with Crippen molar-refractivity contribution in [3.05, 3.63) is 36.4 Å². The molecule has 0 aliphatic carbocycles. The highest BCUT2D eigenvalue weighted by molar-refractivity contribution is 5.91. The number of carbonyl (C=O) groups is 1. The van der Waals surface area contributed by atoms with Crippen molar-refractivity contribution in [2.24, 2.45) is 0 Å². The molecule has 166 valence electrons. The third-order valence-corrected chi connectivity index (χ3v) is 5.16. The van der Waals surface area contributed by atoms with E-state index in [1.54, 1.807) is 12.4 Å². The molecule has 0 radical (unpaired) electrons. The summed E-state index contributed by atoms with van der Waals surface area (Å²) in [5, 5.41) is 5.35. The lowest BCUT2D eigenvalue weighted by molar-refractivity contribution is -0.163. The number of carbonyl (C=O) groups excluding carboxylic acids is 1. The van der Waals surface area contributed by atoms with Crippen LogP contribution in [-0.2, 0) is 20.8 Å². The maximum absolute atomic E-state index is 12.5. The van der Waals surface area contributed by atoms with Crippen molar-refractivity contribution in [3.63, 3.8) is 0 Å². The van der Waals surface area contributed by atoms with Crippen LogP contribution in [0.15, 0.2) is 30.9 Å². The Morgan fingerprint density at radius 1 is 1.23 bits per heavy atom. The van der Waals surface area contributed by atoms with Crippen LogP contribution >= 0.6 is 0 Å². The predicted molar refractivity (Wildman–Crippen MR) is 117 cm³/mol. The van der Waals surface area contributed by atoms with Gasteiger partial charge in [0.15, 0.2) is 6.29 Å². The van der Waals surface area contributed by atoms with Gasteiger partial charge in [0.1, 0.15) is 11.2 Å². The molecule has 31 heavy (non-hydrogen) atoms. The van der Waals surface area contributed by atoms with Crippen molar-refractivity contribution >= 4 is 17.1 Å². The van der Waals surface area contributed by atoms with E-state index in [4.69, 9.17) is 14.2 Å². The highest BCUT2D eigenvalue weighted by Crippen LogP contribution is 2.26. The van der Waals surface area contributed by atoms with Crippen LogP contribution in [0, 0.1) is 6.92 Å². The van der Waals surface area contributed by atoms with Crippen molar-refractivity contribution in [2.75, 3.05) is 13.2 Å². The molecule has 3 aromatic heterocycles. The molecule has 1 atom stereocenters. The van der Waals surface area contributed by atoms with Crippen molar-refractivity contribution < 1.29 is 19.0 Å². The molecule has 0 aromatic carbocycles. The minimum Gasteiger partial charge on any atom is -0.443 e. The fourth-order valence-electron chi connectivity index (χ4n) is 3.63. The maximum Gasteiger partial charge on any atom is 0.420 e. The summed E-state index contributed by atoms with van der Waals surface area (Å²) in [6.45, 7) is 9.49. The largest absolute Gasteiger partial charge is 0.443 e. The smallest absolute Gasteiger partial charge is 0.420 e. The van der Waals surface area contributed by atoms with Crippen LogP contribution in [0.5, 0.6) is 0 Å². The minimum absolute atomic E-state index is 0.0904. The first-order chi connectivity index (χ1) is 14.8. The summed E-state index contributed by atoms with van der Waals surface area (Å²) in [4.78, 5) is 17.1. The zero-order chi connectivity index (χ0) is 22.0. The summed E-state index contributed by atoms with van der Waals surface area (Å²) in [5.74, 6) is 0. The number of fused-ring (bicyclic) bond motifs is 1. The molecule has 0 amide bonds. The summed E-state index contributed by atoms with van der Waals surface area (Å²) in [5.41, 5.74) is 2.89. The molecule has 1 aliphatic rings. The number of nitrogens with zero attached hydrogens (tertiary/aromatic N) is 4. The molecule has 1 fully saturated rings. The molecule has 4 rings (SSSR count). The highest BCUT2D eigenvalue weighted by Gasteiger charge is 2.21. The van der Waals surface area contributed by atoms with Gasteiger partial charge in [0, 0.05) is 41.7 Å². The van der Waals surface area contributed by atoms with E-state index in [9.17, 15) is 4.79 Å². The van der Waals surface area contributed by atoms with Crippen LogP contribution in [-0.4, -0.2) is 50.5 Å². The van der Waals surface area contributed by atoms with Crippen LogP contribution in [0.25, 0.3) is 22.2 Å². The zero-order valence-electron chi connectivity index (χ0n) is 18.6. The molecule has 8 nitrogen and oxygen atoms in total. The fourth-order valence-corrected chi connectivity index (χ4v) is 3.63. The van der Waals surface area contributed by atoms with Crippen molar-refractivity contribution in [3.8, 4) is 11.1 Å². The molecule has 1 unspecified atom stereocenters. The van der Waals surface area contributed by atoms with E-state index in [1.807, 2.05) is 50.8 Å². The van der Waals surface area contributed by atoms with Gasteiger partial charge in [-0.15, -0.1) is 0 Å². The van der Waals surface area contributed by atoms with Crippen LogP contribution in [0.2, 0.25) is 0 Å². The Hall–Kier alpha value is -2.71. The van der Waals surface area contributed by atoms with E-state index in [-0.39, 0.29) is 6.29 Å². The normalized spacial score (nSPS) is 17.2. The van der Waals surface area contributed by atoms with Crippen molar-refractivity contribution in [2.45, 2.75) is 65.4 Å². The zero-order valence-corrected chi connectivity index (χ0v) is 18.6. The monoisotopic (exact) mass is 426 g/mol. The second-order valence-corrected chi connectivity index (χ2v) is 8.92. The average Bonchev–Trinajstić information content (AvgIpc) is 3.32. The maximum atomic E-state index is 12.5. The summed E-state index contributed by atoms with van der Waals surface area (Å²) in [6, 6.07) is 2.03. The van der Waals surface area contributed by atoms with Gasteiger partial charge in [0.2, 0.25) is 0 Å². The van der Waals surface area contributed by atoms with E-state index in [1.165, 1.54) is 4.57 Å². The van der Waals surface area contributed by atoms with Gasteiger partial charge in [-0.2, -0.15) is 5.10 Å². The Morgan fingerprint density at radius 2 is 2.06 bits per heavy atom. The van der Waals surface area contributed by atoms with Gasteiger partial charge in [0.25, 0.3) is 0 Å². The predicted octanol–water partition coefficient (Wildman–Crippen LogP) is 4.53. The Kier molecular flexibility index (Phi) is 6.11. The number of aryl methyl sites for hydroxylation is 1. The third-order valence-electron chi connectivity index (χ3n) is 5.16. The molecule has 4 heterocycles. The minimum atomic E-state index is -0.567. The summed E-state index contributed by atoms with van der Waals surface area (Å²) < 4.78 is 20.2. The molecule has 3 aromatic rings. The number of aromatic nitrogens is 4. The van der Waals surface area contributed by atoms with Crippen LogP contribution < -0.4 is 0 Å². The number of rotatable bonds is 5. The first-order valence-electron chi connectivity index (χ1n) is 10.8. The summed E-state index contributed by atoms with van der Waals surface area (Å²) in [6.07, 6.45) is 10.0. The van der Waals surface area contributed by atoms with Crippen molar-refractivity contribution in [1.82, 2.24) is 19.3 Å². The summed E-state index contributed by atoms with van der Waals surface area (Å²) >= 11 is 0. The Balaban J connectivity index is 1.46. The fraction of sp³-hybridized carbons (Fsp3) is 0.522. The second kappa shape index (κ2) is 8.80. The molecule has 8 heteroatoms. The molecule has 0 bridgehead atoms. The van der Waals surface area contributed by atoms with E-state index in [2.05, 4.69) is 10.1 Å². The molecule has 1 aliphatic heterocycles. The van der Waals surface area contributed by atoms with Gasteiger partial charge in [-0.1, -0.05) is 0 Å². The number of pyridine rings is 1. The van der Waals surface area contributed by atoms with Gasteiger partial charge in [-0.25, -0.2) is 14.3 Å². The Bertz CT molecular complexity index is 1060. The second-order valence-electron chi connectivity index (χ2n) is 8.92. The molecular formula is C23H30N4O4. The summed E-state index contributed by atoms with van der Waals surface area (Å²) in [7, 11) is 0. The first kappa shape index (κ1) is 21.5. The van der Waals surface area contributed by atoms with Crippen LogP contribution in [0.3, 0.4) is 0 Å². The molecule has 1 saturated heterocycles. The Labute approximate surface area is 182 Å². The molecule has 0 saturated carbocycles. The van der Waals surface area contributed by atoms with Gasteiger partial charge in [-0.3, -0.25) is 4.68 Å². The standard InChI is InChI=1S/C23H30N4O4/c1-16-14-27(22(28)31-23(2,3)4)21-19(16)11-17(12-24-21)18-13-25-26(15-18)8-10-30-20-7-5-6-9-29-20/h11-15,20H,5-10H2,1-4H3. The number of hydrogen-bond acceptors (Lipinski definition) is 6. The average molecular weight is 427 g/mol. The molecule has 0 N–H and O–H groups in total. The molecule has 0 spiro atoms. The number of ether oxygens (including phenoxy) is 3. The van der Waals surface area contributed by atoms with Gasteiger partial charge in [-0.05, 0) is 58.6 Å². The first-order valence-corrected chi connectivity index (χ1v) is 10.8. The Morgan fingerprint density at radius 3 is 2.81 bits per heavy atom. The quantitative estimate of drug-likeness (QED) is 0.596. The van der Waals surface area contributed by atoms with Crippen LogP contribution in [0.1, 0.15) is 45.6 Å². The van der Waals surface area contributed by atoms with Gasteiger partial charge >= 0.3 is 6.09 Å². The van der Waals surface area contributed by atoms with E-state index >= 15 is 0 Å².